The molecule has 0 spiro atoms. The van der Waals surface area contributed by atoms with Gasteiger partial charge in [0.2, 0.25) is 0 Å². The van der Waals surface area contributed by atoms with Crippen molar-refractivity contribution in [3.63, 3.8) is 0 Å². The Bertz CT molecular complexity index is 409. The van der Waals surface area contributed by atoms with E-state index in [1.54, 1.807) is 31.2 Å². The van der Waals surface area contributed by atoms with Gasteiger partial charge >= 0.3 is 5.97 Å². The van der Waals surface area contributed by atoms with Crippen molar-refractivity contribution >= 4 is 18.6 Å². The molecule has 18 heavy (non-hydrogen) atoms. The quantitative estimate of drug-likeness (QED) is 0.632. The Morgan fingerprint density at radius 3 is 2.78 bits per heavy atom. The molecule has 4 nitrogen and oxygen atoms in total. The molecule has 5 heteroatoms. The van der Waals surface area contributed by atoms with Crippen LogP contribution in [0.3, 0.4) is 0 Å². The van der Waals surface area contributed by atoms with Crippen molar-refractivity contribution < 1.29 is 19.4 Å². The first-order valence-electron chi connectivity index (χ1n) is 5.85. The van der Waals surface area contributed by atoms with Crippen LogP contribution in [0.25, 0.3) is 0 Å². The lowest BCUT2D eigenvalue weighted by atomic mass is 10.1. The Balaban J connectivity index is 2.02. The number of carbonyl (C=O) groups is 1. The maximum absolute atomic E-state index is 11.9. The zero-order valence-electron chi connectivity index (χ0n) is 10.0. The van der Waals surface area contributed by atoms with Gasteiger partial charge in [-0.05, 0) is 19.1 Å². The highest BCUT2D eigenvalue weighted by Gasteiger charge is 2.36. The second-order valence-corrected chi connectivity index (χ2v) is 4.93. The largest absolute Gasteiger partial charge is 0.457 e. The molecule has 1 saturated heterocycles. The number of rotatable bonds is 2. The molecule has 1 N–H and O–H groups in total. The van der Waals surface area contributed by atoms with E-state index in [1.165, 1.54) is 0 Å². The van der Waals surface area contributed by atoms with E-state index in [0.29, 0.717) is 5.56 Å². The molecule has 1 aliphatic rings. The Kier molecular flexibility index (Phi) is 4.27. The van der Waals surface area contributed by atoms with Gasteiger partial charge in [0.25, 0.3) is 0 Å². The first kappa shape index (κ1) is 13.4. The molecular weight excluding hydrogens is 252 g/mol. The fourth-order valence-corrected chi connectivity index (χ4v) is 2.17. The number of ether oxygens (including phenoxy) is 2. The summed E-state index contributed by atoms with van der Waals surface area (Å²) in [5.74, 6) is -0.402. The summed E-state index contributed by atoms with van der Waals surface area (Å²) in [6.45, 7) is 1.80. The van der Waals surface area contributed by atoms with Crippen LogP contribution in [0.2, 0.25) is 0 Å². The minimum absolute atomic E-state index is 0.235. The molecule has 0 aromatic heterocycles. The van der Waals surface area contributed by atoms with Crippen molar-refractivity contribution in [2.24, 2.45) is 0 Å². The standard InChI is InChI=1S/C13H16O4S/c1-8-12(18)10(7-11(14)16-8)17-13(15)9-5-3-2-4-6-9/h2-6,8,10-12,14,18H,7H2,1H3/t8-,10+,11+,12-/m1/s1. The van der Waals surface area contributed by atoms with Crippen LogP contribution in [0.15, 0.2) is 30.3 Å². The van der Waals surface area contributed by atoms with Gasteiger partial charge in [0.05, 0.1) is 16.9 Å². The minimum atomic E-state index is -0.906. The van der Waals surface area contributed by atoms with Crippen molar-refractivity contribution in [1.29, 1.82) is 0 Å². The van der Waals surface area contributed by atoms with Crippen molar-refractivity contribution in [3.05, 3.63) is 35.9 Å². The predicted molar refractivity (Wildman–Crippen MR) is 69.6 cm³/mol. The molecule has 0 bridgehead atoms. The first-order chi connectivity index (χ1) is 8.58. The zero-order valence-corrected chi connectivity index (χ0v) is 10.9. The summed E-state index contributed by atoms with van der Waals surface area (Å²) < 4.78 is 10.6. The second-order valence-electron chi connectivity index (χ2n) is 4.33. The van der Waals surface area contributed by atoms with E-state index in [1.807, 2.05) is 6.07 Å². The summed E-state index contributed by atoms with van der Waals surface area (Å²) >= 11 is 4.37. The van der Waals surface area contributed by atoms with Crippen molar-refractivity contribution in [1.82, 2.24) is 0 Å². The summed E-state index contributed by atoms with van der Waals surface area (Å²) in [7, 11) is 0. The number of esters is 1. The maximum atomic E-state index is 11.9. The second kappa shape index (κ2) is 5.73. The van der Waals surface area contributed by atoms with E-state index in [-0.39, 0.29) is 17.8 Å². The third-order valence-electron chi connectivity index (χ3n) is 2.94. The highest BCUT2D eigenvalue weighted by molar-refractivity contribution is 7.81. The molecule has 1 fully saturated rings. The third kappa shape index (κ3) is 3.04. The molecule has 1 heterocycles. The van der Waals surface area contributed by atoms with E-state index < -0.39 is 18.4 Å². The smallest absolute Gasteiger partial charge is 0.338 e. The number of hydrogen-bond donors (Lipinski definition) is 2. The van der Waals surface area contributed by atoms with Crippen LogP contribution in [0.4, 0.5) is 0 Å². The molecule has 2 rings (SSSR count). The van der Waals surface area contributed by atoms with E-state index in [4.69, 9.17) is 9.47 Å². The van der Waals surface area contributed by atoms with Gasteiger partial charge in [-0.25, -0.2) is 4.79 Å². The monoisotopic (exact) mass is 268 g/mol. The molecule has 4 atom stereocenters. The van der Waals surface area contributed by atoms with E-state index >= 15 is 0 Å². The molecule has 0 aliphatic carbocycles. The number of carbonyl (C=O) groups excluding carboxylic acids is 1. The highest BCUT2D eigenvalue weighted by Crippen LogP contribution is 2.26. The van der Waals surface area contributed by atoms with Crippen LogP contribution in [-0.4, -0.2) is 34.8 Å². The van der Waals surface area contributed by atoms with Crippen LogP contribution in [0.1, 0.15) is 23.7 Å². The van der Waals surface area contributed by atoms with Gasteiger partial charge in [-0.1, -0.05) is 18.2 Å². The molecule has 0 unspecified atom stereocenters. The lowest BCUT2D eigenvalue weighted by Crippen LogP contribution is -2.46. The Morgan fingerprint density at radius 1 is 1.44 bits per heavy atom. The summed E-state index contributed by atoms with van der Waals surface area (Å²) in [5.41, 5.74) is 0.492. The number of benzene rings is 1. The Labute approximate surface area is 111 Å². The van der Waals surface area contributed by atoms with Crippen LogP contribution in [-0.2, 0) is 9.47 Å². The summed E-state index contributed by atoms with van der Waals surface area (Å²) in [5, 5.41) is 9.27. The van der Waals surface area contributed by atoms with Crippen LogP contribution >= 0.6 is 12.6 Å². The van der Waals surface area contributed by atoms with Gasteiger partial charge in [-0.15, -0.1) is 0 Å². The van der Waals surface area contributed by atoms with Crippen LogP contribution in [0.5, 0.6) is 0 Å². The molecule has 1 aromatic carbocycles. The Morgan fingerprint density at radius 2 is 2.11 bits per heavy atom. The molecule has 0 radical (unpaired) electrons. The highest BCUT2D eigenvalue weighted by atomic mass is 32.1. The summed E-state index contributed by atoms with van der Waals surface area (Å²) in [4.78, 5) is 11.9. The molecule has 98 valence electrons. The number of thiol groups is 1. The van der Waals surface area contributed by atoms with Crippen molar-refractivity contribution in [2.45, 2.75) is 37.1 Å². The van der Waals surface area contributed by atoms with Gasteiger partial charge in [0.1, 0.15) is 6.10 Å². The van der Waals surface area contributed by atoms with Gasteiger partial charge in [0.15, 0.2) is 6.29 Å². The molecule has 1 aromatic rings. The molecule has 1 aliphatic heterocycles. The Hall–Kier alpha value is -1.04. The lowest BCUT2D eigenvalue weighted by Gasteiger charge is -2.35. The number of hydrogen-bond acceptors (Lipinski definition) is 5. The average molecular weight is 268 g/mol. The van der Waals surface area contributed by atoms with Gasteiger partial charge in [-0.3, -0.25) is 0 Å². The molecular formula is C13H16O4S. The number of aliphatic hydroxyl groups is 1. The van der Waals surface area contributed by atoms with Crippen molar-refractivity contribution in [3.8, 4) is 0 Å². The fraction of sp³-hybridized carbons (Fsp3) is 0.462. The SMILES string of the molecule is C[C@H]1O[C@H](O)C[C@H](OC(=O)c2ccccc2)[C@@H]1S. The average Bonchev–Trinajstić information content (AvgIpc) is 2.36. The maximum Gasteiger partial charge on any atom is 0.338 e. The van der Waals surface area contributed by atoms with Gasteiger partial charge in [-0.2, -0.15) is 12.6 Å². The number of aliphatic hydroxyl groups excluding tert-OH is 1. The fourth-order valence-electron chi connectivity index (χ4n) is 1.92. The first-order valence-corrected chi connectivity index (χ1v) is 6.37. The van der Waals surface area contributed by atoms with E-state index in [2.05, 4.69) is 12.6 Å². The third-order valence-corrected chi connectivity index (χ3v) is 3.69. The van der Waals surface area contributed by atoms with E-state index in [9.17, 15) is 9.90 Å². The van der Waals surface area contributed by atoms with Gasteiger partial charge < -0.3 is 14.6 Å². The molecule has 0 saturated carbocycles. The zero-order chi connectivity index (χ0) is 13.1. The van der Waals surface area contributed by atoms with Gasteiger partial charge in [0, 0.05) is 6.42 Å². The topological polar surface area (TPSA) is 55.8 Å². The normalized spacial score (nSPS) is 31.9. The van der Waals surface area contributed by atoms with E-state index in [0.717, 1.165) is 0 Å². The predicted octanol–water partition coefficient (Wildman–Crippen LogP) is 1.64. The minimum Gasteiger partial charge on any atom is -0.457 e. The lowest BCUT2D eigenvalue weighted by molar-refractivity contribution is -0.180. The van der Waals surface area contributed by atoms with Crippen molar-refractivity contribution in [2.75, 3.05) is 0 Å². The summed E-state index contributed by atoms with van der Waals surface area (Å²) in [6, 6.07) is 8.76. The summed E-state index contributed by atoms with van der Waals surface area (Å²) in [6.07, 6.45) is -1.36. The van der Waals surface area contributed by atoms with Crippen LogP contribution < -0.4 is 0 Å². The van der Waals surface area contributed by atoms with Crippen LogP contribution in [0, 0.1) is 0 Å². The molecule has 0 amide bonds.